The van der Waals surface area contributed by atoms with Crippen LogP contribution >= 0.6 is 0 Å². The predicted octanol–water partition coefficient (Wildman–Crippen LogP) is 4.41. The molecule has 0 saturated carbocycles. The van der Waals surface area contributed by atoms with E-state index in [1.54, 1.807) is 0 Å². The number of alkyl carbamates (subject to hydrolysis) is 1. The van der Waals surface area contributed by atoms with Crippen LogP contribution in [0.3, 0.4) is 0 Å². The van der Waals surface area contributed by atoms with E-state index in [1.807, 2.05) is 57.2 Å². The summed E-state index contributed by atoms with van der Waals surface area (Å²) in [5.74, 6) is -1.48. The number of carboxylic acids is 1. The maximum atomic E-state index is 13.4. The SMILES string of the molecule is CC(C)(C)C(NC(=O)OCC1c2ccccc2-c2ccccc21)C(=O)N1CCCC[C@H]1C(=O)O. The Hall–Kier alpha value is -3.35. The summed E-state index contributed by atoms with van der Waals surface area (Å²) in [5.41, 5.74) is 3.87. The van der Waals surface area contributed by atoms with E-state index in [0.717, 1.165) is 35.1 Å². The fourth-order valence-corrected chi connectivity index (χ4v) is 5.02. The van der Waals surface area contributed by atoms with Gasteiger partial charge in [-0.1, -0.05) is 69.3 Å². The van der Waals surface area contributed by atoms with E-state index in [2.05, 4.69) is 17.4 Å². The topological polar surface area (TPSA) is 95.9 Å². The molecule has 0 radical (unpaired) electrons. The second kappa shape index (κ2) is 9.49. The largest absolute Gasteiger partial charge is 0.480 e. The molecule has 1 aliphatic heterocycles. The minimum Gasteiger partial charge on any atom is -0.480 e. The van der Waals surface area contributed by atoms with Gasteiger partial charge >= 0.3 is 12.1 Å². The van der Waals surface area contributed by atoms with Crippen molar-refractivity contribution in [2.45, 2.75) is 58.0 Å². The summed E-state index contributed by atoms with van der Waals surface area (Å²) in [5, 5.41) is 12.3. The number of benzene rings is 2. The molecule has 1 aliphatic carbocycles. The van der Waals surface area contributed by atoms with Crippen molar-refractivity contribution < 1.29 is 24.2 Å². The Morgan fingerprint density at radius 1 is 1.03 bits per heavy atom. The summed E-state index contributed by atoms with van der Waals surface area (Å²) in [7, 11) is 0. The summed E-state index contributed by atoms with van der Waals surface area (Å²) in [6, 6.07) is 14.4. The molecule has 7 heteroatoms. The lowest BCUT2D eigenvalue weighted by Crippen LogP contribution is -2.59. The summed E-state index contributed by atoms with van der Waals surface area (Å²) in [6.45, 7) is 6.05. The van der Waals surface area contributed by atoms with Gasteiger partial charge in [-0.25, -0.2) is 9.59 Å². The zero-order valence-electron chi connectivity index (χ0n) is 19.9. The van der Waals surface area contributed by atoms with Crippen LogP contribution < -0.4 is 5.32 Å². The number of piperidine rings is 1. The van der Waals surface area contributed by atoms with Crippen molar-refractivity contribution in [3.05, 3.63) is 59.7 Å². The first kappa shape index (κ1) is 23.8. The van der Waals surface area contributed by atoms with Gasteiger partial charge in [0.15, 0.2) is 0 Å². The van der Waals surface area contributed by atoms with Gasteiger partial charge in [-0.3, -0.25) is 4.79 Å². The first-order chi connectivity index (χ1) is 16.2. The first-order valence-electron chi connectivity index (χ1n) is 11.8. The number of nitrogens with one attached hydrogen (secondary N) is 1. The number of likely N-dealkylation sites (tertiary alicyclic amines) is 1. The number of rotatable bonds is 5. The summed E-state index contributed by atoms with van der Waals surface area (Å²) in [4.78, 5) is 39.3. The Kier molecular flexibility index (Phi) is 6.64. The maximum Gasteiger partial charge on any atom is 0.407 e. The summed E-state index contributed by atoms with van der Waals surface area (Å²) < 4.78 is 5.64. The number of aliphatic carboxylic acids is 1. The second-order valence-electron chi connectivity index (χ2n) is 10.2. The van der Waals surface area contributed by atoms with E-state index >= 15 is 0 Å². The van der Waals surface area contributed by atoms with Crippen molar-refractivity contribution in [2.24, 2.45) is 5.41 Å². The molecule has 1 unspecified atom stereocenters. The molecule has 0 spiro atoms. The molecule has 1 saturated heterocycles. The Morgan fingerprint density at radius 3 is 2.18 bits per heavy atom. The number of carbonyl (C=O) groups excluding carboxylic acids is 2. The minimum atomic E-state index is -1.01. The quantitative estimate of drug-likeness (QED) is 0.684. The average Bonchev–Trinajstić information content (AvgIpc) is 3.14. The Bertz CT molecular complexity index is 1040. The molecule has 1 fully saturated rings. The Morgan fingerprint density at radius 2 is 1.62 bits per heavy atom. The highest BCUT2D eigenvalue weighted by atomic mass is 16.5. The van der Waals surface area contributed by atoms with Gasteiger partial charge in [0.2, 0.25) is 5.91 Å². The third kappa shape index (κ3) is 4.65. The molecule has 0 aromatic heterocycles. The zero-order valence-corrected chi connectivity index (χ0v) is 19.9. The number of carboxylic acid groups (broad SMARTS) is 1. The molecule has 2 N–H and O–H groups in total. The molecule has 2 aliphatic rings. The van der Waals surface area contributed by atoms with E-state index in [-0.39, 0.29) is 18.4 Å². The number of hydrogen-bond donors (Lipinski definition) is 2. The van der Waals surface area contributed by atoms with Crippen LogP contribution in [0.25, 0.3) is 11.1 Å². The van der Waals surface area contributed by atoms with Gasteiger partial charge in [0.25, 0.3) is 0 Å². The molecule has 180 valence electrons. The van der Waals surface area contributed by atoms with Crippen molar-refractivity contribution in [1.82, 2.24) is 10.2 Å². The van der Waals surface area contributed by atoms with E-state index in [1.165, 1.54) is 4.90 Å². The van der Waals surface area contributed by atoms with E-state index in [4.69, 9.17) is 4.74 Å². The van der Waals surface area contributed by atoms with Crippen LogP contribution in [0.1, 0.15) is 57.1 Å². The smallest absolute Gasteiger partial charge is 0.407 e. The monoisotopic (exact) mass is 464 g/mol. The number of nitrogens with zero attached hydrogens (tertiary/aromatic N) is 1. The van der Waals surface area contributed by atoms with Crippen LogP contribution in [0.4, 0.5) is 4.79 Å². The average molecular weight is 465 g/mol. The fraction of sp³-hybridized carbons (Fsp3) is 0.444. The van der Waals surface area contributed by atoms with Crippen LogP contribution in [0.15, 0.2) is 48.5 Å². The summed E-state index contributed by atoms with van der Waals surface area (Å²) in [6.07, 6.45) is 1.25. The molecular formula is C27H32N2O5. The molecule has 34 heavy (non-hydrogen) atoms. The lowest BCUT2D eigenvalue weighted by Gasteiger charge is -2.39. The lowest BCUT2D eigenvalue weighted by atomic mass is 9.85. The molecule has 0 bridgehead atoms. The molecule has 7 nitrogen and oxygen atoms in total. The van der Waals surface area contributed by atoms with Crippen molar-refractivity contribution in [3.63, 3.8) is 0 Å². The van der Waals surface area contributed by atoms with Crippen molar-refractivity contribution in [2.75, 3.05) is 13.2 Å². The van der Waals surface area contributed by atoms with Crippen molar-refractivity contribution in [3.8, 4) is 11.1 Å². The zero-order chi connectivity index (χ0) is 24.5. The van der Waals surface area contributed by atoms with E-state index in [9.17, 15) is 19.5 Å². The van der Waals surface area contributed by atoms with Crippen LogP contribution in [-0.2, 0) is 14.3 Å². The van der Waals surface area contributed by atoms with E-state index in [0.29, 0.717) is 13.0 Å². The highest BCUT2D eigenvalue weighted by Crippen LogP contribution is 2.44. The van der Waals surface area contributed by atoms with Gasteiger partial charge in [0.1, 0.15) is 18.7 Å². The van der Waals surface area contributed by atoms with Gasteiger partial charge in [-0.2, -0.15) is 0 Å². The number of carbonyl (C=O) groups is 3. The normalized spacial score (nSPS) is 18.6. The molecule has 2 aromatic rings. The van der Waals surface area contributed by atoms with Gasteiger partial charge in [0, 0.05) is 12.5 Å². The third-order valence-corrected chi connectivity index (χ3v) is 6.79. The molecule has 2 aromatic carbocycles. The van der Waals surface area contributed by atoms with Crippen LogP contribution in [0.5, 0.6) is 0 Å². The van der Waals surface area contributed by atoms with Gasteiger partial charge in [-0.15, -0.1) is 0 Å². The minimum absolute atomic E-state index is 0.0829. The lowest BCUT2D eigenvalue weighted by molar-refractivity contribution is -0.154. The standard InChI is InChI=1S/C27H32N2O5/c1-27(2,3)23(24(30)29-15-9-8-14-22(29)25(31)32)28-26(33)34-16-21-19-12-6-4-10-17(19)18-11-5-7-13-20(18)21/h4-7,10-13,21-23H,8-9,14-16H2,1-3H3,(H,28,33)(H,31,32)/t22-,23?/m0/s1. The molecule has 2 amide bonds. The number of fused-ring (bicyclic) bond motifs is 3. The molecule has 2 atom stereocenters. The molecule has 4 rings (SSSR count). The van der Waals surface area contributed by atoms with Crippen molar-refractivity contribution >= 4 is 18.0 Å². The van der Waals surface area contributed by atoms with Gasteiger partial charge in [-0.05, 0) is 46.9 Å². The number of ether oxygens (including phenoxy) is 1. The van der Waals surface area contributed by atoms with Gasteiger partial charge < -0.3 is 20.1 Å². The van der Waals surface area contributed by atoms with Crippen LogP contribution in [0.2, 0.25) is 0 Å². The fourth-order valence-electron chi connectivity index (χ4n) is 5.02. The van der Waals surface area contributed by atoms with E-state index < -0.39 is 29.6 Å². The molecular weight excluding hydrogens is 432 g/mol. The summed E-state index contributed by atoms with van der Waals surface area (Å²) >= 11 is 0. The number of amides is 2. The predicted molar refractivity (Wildman–Crippen MR) is 128 cm³/mol. The third-order valence-electron chi connectivity index (χ3n) is 6.79. The molecule has 1 heterocycles. The maximum absolute atomic E-state index is 13.4. The van der Waals surface area contributed by atoms with Gasteiger partial charge in [0.05, 0.1) is 0 Å². The Balaban J connectivity index is 1.47. The highest BCUT2D eigenvalue weighted by Gasteiger charge is 2.41. The van der Waals surface area contributed by atoms with Crippen molar-refractivity contribution in [1.29, 1.82) is 0 Å². The first-order valence-corrected chi connectivity index (χ1v) is 11.8. The second-order valence-corrected chi connectivity index (χ2v) is 10.2. The Labute approximate surface area is 200 Å². The highest BCUT2D eigenvalue weighted by molar-refractivity contribution is 5.90. The van der Waals surface area contributed by atoms with Crippen LogP contribution in [-0.4, -0.2) is 53.2 Å². The van der Waals surface area contributed by atoms with Crippen LogP contribution in [0, 0.1) is 5.41 Å². The number of hydrogen-bond acceptors (Lipinski definition) is 4.